The van der Waals surface area contributed by atoms with Gasteiger partial charge in [0, 0.05) is 24.5 Å². The van der Waals surface area contributed by atoms with E-state index >= 15 is 0 Å². The van der Waals surface area contributed by atoms with E-state index in [1.807, 2.05) is 12.1 Å². The van der Waals surface area contributed by atoms with Crippen LogP contribution in [0.15, 0.2) is 57.8 Å². The predicted octanol–water partition coefficient (Wildman–Crippen LogP) is 5.17. The van der Waals surface area contributed by atoms with E-state index in [9.17, 15) is 13.2 Å². The molecule has 0 fully saturated rings. The van der Waals surface area contributed by atoms with Crippen LogP contribution in [0.25, 0.3) is 0 Å². The minimum atomic E-state index is -3.52. The Morgan fingerprint density at radius 1 is 1.00 bits per heavy atom. The van der Waals surface area contributed by atoms with E-state index < -0.39 is 10.0 Å². The molecule has 3 rings (SSSR count). The van der Waals surface area contributed by atoms with E-state index in [1.54, 1.807) is 26.0 Å². The fourth-order valence-corrected chi connectivity index (χ4v) is 6.17. The second-order valence-electron chi connectivity index (χ2n) is 7.73. The van der Waals surface area contributed by atoms with Crippen molar-refractivity contribution < 1.29 is 13.2 Å². The predicted molar refractivity (Wildman–Crippen MR) is 140 cm³/mol. The molecule has 0 saturated heterocycles. The Balaban J connectivity index is 1.51. The van der Waals surface area contributed by atoms with Crippen LogP contribution in [0.3, 0.4) is 0 Å². The molecule has 0 radical (unpaired) electrons. The van der Waals surface area contributed by atoms with Crippen molar-refractivity contribution in [2.45, 2.75) is 42.8 Å². The highest BCUT2D eigenvalue weighted by Crippen LogP contribution is 2.28. The number of benzene rings is 2. The minimum Gasteiger partial charge on any atom is -0.330 e. The molecular formula is C23H29N5O3S3. The number of carbonyl (C=O) groups excluding carboxylic acids is 1. The summed E-state index contributed by atoms with van der Waals surface area (Å²) in [6, 6.07) is 14.4. The summed E-state index contributed by atoms with van der Waals surface area (Å²) in [6.07, 6.45) is 0. The van der Waals surface area contributed by atoms with Crippen LogP contribution in [-0.2, 0) is 14.8 Å². The number of rotatable bonds is 11. The Morgan fingerprint density at radius 3 is 2.21 bits per heavy atom. The number of hydrogen-bond acceptors (Lipinski definition) is 8. The van der Waals surface area contributed by atoms with Gasteiger partial charge < -0.3 is 10.6 Å². The Labute approximate surface area is 209 Å². The first kappa shape index (κ1) is 26.1. The van der Waals surface area contributed by atoms with Crippen LogP contribution in [0.5, 0.6) is 0 Å². The number of aromatic nitrogens is 2. The monoisotopic (exact) mass is 519 g/mol. The van der Waals surface area contributed by atoms with Crippen LogP contribution >= 0.6 is 23.1 Å². The number of amides is 1. The molecule has 0 aliphatic carbocycles. The van der Waals surface area contributed by atoms with Gasteiger partial charge in [0.25, 0.3) is 0 Å². The third kappa shape index (κ3) is 6.78. The zero-order valence-electron chi connectivity index (χ0n) is 19.6. The number of hydrogen-bond donors (Lipinski definition) is 2. The molecule has 34 heavy (non-hydrogen) atoms. The van der Waals surface area contributed by atoms with E-state index in [4.69, 9.17) is 0 Å². The van der Waals surface area contributed by atoms with Crippen molar-refractivity contribution in [3.8, 4) is 0 Å². The SMILES string of the molecule is CCN(CC)S(=O)(=O)c1ccc(NC(=O)CSc2nnc(Nc3ccc(C(C)C)cc3)s2)cc1. The second-order valence-corrected chi connectivity index (χ2v) is 11.9. The molecule has 0 atom stereocenters. The lowest BCUT2D eigenvalue weighted by Crippen LogP contribution is -2.30. The van der Waals surface area contributed by atoms with Crippen LogP contribution in [-0.4, -0.2) is 47.7 Å². The maximum absolute atomic E-state index is 12.6. The zero-order chi connectivity index (χ0) is 24.7. The van der Waals surface area contributed by atoms with E-state index in [2.05, 4.69) is 46.8 Å². The smallest absolute Gasteiger partial charge is 0.243 e. The van der Waals surface area contributed by atoms with Gasteiger partial charge >= 0.3 is 0 Å². The third-order valence-corrected chi connectivity index (χ3v) is 9.08. The van der Waals surface area contributed by atoms with Gasteiger partial charge in [-0.05, 0) is 47.9 Å². The molecule has 11 heteroatoms. The highest BCUT2D eigenvalue weighted by atomic mass is 32.2. The average Bonchev–Trinajstić information content (AvgIpc) is 3.26. The molecule has 0 unspecified atom stereocenters. The first-order valence-electron chi connectivity index (χ1n) is 11.0. The Hall–Kier alpha value is -2.47. The topological polar surface area (TPSA) is 104 Å². The summed E-state index contributed by atoms with van der Waals surface area (Å²) in [5.41, 5.74) is 2.74. The summed E-state index contributed by atoms with van der Waals surface area (Å²) < 4.78 is 27.2. The van der Waals surface area contributed by atoms with Crippen molar-refractivity contribution >= 4 is 55.5 Å². The lowest BCUT2D eigenvalue weighted by Gasteiger charge is -2.18. The summed E-state index contributed by atoms with van der Waals surface area (Å²) >= 11 is 2.67. The van der Waals surface area contributed by atoms with Gasteiger partial charge in [-0.25, -0.2) is 8.42 Å². The molecule has 8 nitrogen and oxygen atoms in total. The minimum absolute atomic E-state index is 0.164. The molecule has 2 aromatic carbocycles. The van der Waals surface area contributed by atoms with Crippen molar-refractivity contribution in [3.05, 3.63) is 54.1 Å². The number of anilines is 3. The highest BCUT2D eigenvalue weighted by molar-refractivity contribution is 8.01. The fraction of sp³-hybridized carbons (Fsp3) is 0.348. The Morgan fingerprint density at radius 2 is 1.62 bits per heavy atom. The average molecular weight is 520 g/mol. The first-order chi connectivity index (χ1) is 16.2. The van der Waals surface area contributed by atoms with Crippen molar-refractivity contribution in [1.82, 2.24) is 14.5 Å². The molecule has 0 bridgehead atoms. The van der Waals surface area contributed by atoms with Gasteiger partial charge in [-0.2, -0.15) is 4.31 Å². The largest absolute Gasteiger partial charge is 0.330 e. The Kier molecular flexibility index (Phi) is 9.06. The quantitative estimate of drug-likeness (QED) is 0.337. The summed E-state index contributed by atoms with van der Waals surface area (Å²) in [4.78, 5) is 12.5. The molecule has 2 N–H and O–H groups in total. The van der Waals surface area contributed by atoms with Crippen LogP contribution in [0, 0.1) is 0 Å². The maximum atomic E-state index is 12.6. The zero-order valence-corrected chi connectivity index (χ0v) is 22.1. The fourth-order valence-electron chi connectivity index (χ4n) is 3.14. The molecule has 0 aliphatic rings. The molecule has 3 aromatic rings. The van der Waals surface area contributed by atoms with Gasteiger partial charge in [-0.3, -0.25) is 4.79 Å². The van der Waals surface area contributed by atoms with Crippen molar-refractivity contribution in [2.24, 2.45) is 0 Å². The number of nitrogens with one attached hydrogen (secondary N) is 2. The summed E-state index contributed by atoms with van der Waals surface area (Å²) in [7, 11) is -3.52. The number of carbonyl (C=O) groups is 1. The standard InChI is InChI=1S/C23H29N5O3S3/c1-5-28(6-2)34(30,31)20-13-11-18(12-14-20)24-21(29)15-32-23-27-26-22(33-23)25-19-9-7-17(8-10-19)16(3)4/h7-14,16H,5-6,15H2,1-4H3,(H,24,29)(H,25,26). The Bertz CT molecular complexity index is 1190. The van der Waals surface area contributed by atoms with Gasteiger partial charge in [0.2, 0.25) is 21.1 Å². The lowest BCUT2D eigenvalue weighted by molar-refractivity contribution is -0.113. The number of sulfonamides is 1. The van der Waals surface area contributed by atoms with Gasteiger partial charge in [0.15, 0.2) is 4.34 Å². The number of thioether (sulfide) groups is 1. The molecule has 0 saturated carbocycles. The summed E-state index contributed by atoms with van der Waals surface area (Å²) in [5.74, 6) is 0.429. The van der Waals surface area contributed by atoms with E-state index in [0.29, 0.717) is 34.2 Å². The van der Waals surface area contributed by atoms with Gasteiger partial charge in [-0.1, -0.05) is 62.9 Å². The molecule has 1 amide bonds. The van der Waals surface area contributed by atoms with Crippen LogP contribution in [0.4, 0.5) is 16.5 Å². The second kappa shape index (κ2) is 11.8. The van der Waals surface area contributed by atoms with Crippen LogP contribution in [0.2, 0.25) is 0 Å². The molecular weight excluding hydrogens is 490 g/mol. The first-order valence-corrected chi connectivity index (χ1v) is 14.2. The van der Waals surface area contributed by atoms with Crippen molar-refractivity contribution in [2.75, 3.05) is 29.5 Å². The maximum Gasteiger partial charge on any atom is 0.243 e. The van der Waals surface area contributed by atoms with Crippen LogP contribution in [0.1, 0.15) is 39.2 Å². The number of nitrogens with zero attached hydrogens (tertiary/aromatic N) is 3. The normalized spacial score (nSPS) is 11.7. The lowest BCUT2D eigenvalue weighted by atomic mass is 10.0. The summed E-state index contributed by atoms with van der Waals surface area (Å²) in [5, 5.41) is 14.9. The van der Waals surface area contributed by atoms with E-state index in [-0.39, 0.29) is 16.6 Å². The summed E-state index contributed by atoms with van der Waals surface area (Å²) in [6.45, 7) is 8.71. The van der Waals surface area contributed by atoms with Crippen LogP contribution < -0.4 is 10.6 Å². The van der Waals surface area contributed by atoms with E-state index in [1.165, 1.54) is 45.1 Å². The third-order valence-electron chi connectivity index (χ3n) is 5.04. The van der Waals surface area contributed by atoms with Crippen molar-refractivity contribution in [1.29, 1.82) is 0 Å². The molecule has 1 heterocycles. The van der Waals surface area contributed by atoms with Gasteiger partial charge in [0.1, 0.15) is 0 Å². The molecule has 1 aromatic heterocycles. The highest BCUT2D eigenvalue weighted by Gasteiger charge is 2.21. The van der Waals surface area contributed by atoms with Gasteiger partial charge in [-0.15, -0.1) is 10.2 Å². The molecule has 0 aliphatic heterocycles. The van der Waals surface area contributed by atoms with Crippen molar-refractivity contribution in [3.63, 3.8) is 0 Å². The molecule has 0 spiro atoms. The van der Waals surface area contributed by atoms with E-state index in [0.717, 1.165) is 5.69 Å². The molecule has 182 valence electrons. The van der Waals surface area contributed by atoms with Gasteiger partial charge in [0.05, 0.1) is 10.6 Å².